The number of nitrogens with zero attached hydrogens (tertiary/aromatic N) is 2. The molecule has 0 atom stereocenters. The van der Waals surface area contributed by atoms with E-state index in [4.69, 9.17) is 4.74 Å². The fourth-order valence-electron chi connectivity index (χ4n) is 2.96. The number of nitro groups is 1. The summed E-state index contributed by atoms with van der Waals surface area (Å²) in [5, 5.41) is 18.8. The quantitative estimate of drug-likeness (QED) is 0.330. The molecule has 0 radical (unpaired) electrons. The van der Waals surface area contributed by atoms with Crippen molar-refractivity contribution in [1.82, 2.24) is 5.32 Å². The zero-order valence-electron chi connectivity index (χ0n) is 18.2. The predicted molar refractivity (Wildman–Crippen MR) is 126 cm³/mol. The second kappa shape index (κ2) is 11.3. The number of benzene rings is 3. The van der Waals surface area contributed by atoms with Gasteiger partial charge in [-0.25, -0.2) is 14.0 Å². The first-order chi connectivity index (χ1) is 16.4. The highest BCUT2D eigenvalue weighted by molar-refractivity contribution is 6.01. The summed E-state index contributed by atoms with van der Waals surface area (Å²) >= 11 is 0. The van der Waals surface area contributed by atoms with Crippen LogP contribution in [0, 0.1) is 15.9 Å². The number of nitro benzene ring substituents is 1. The minimum atomic E-state index is -0.558. The number of anilines is 3. The largest absolute Gasteiger partial charge is 0.497 e. The molecule has 0 saturated heterocycles. The molecule has 34 heavy (non-hydrogen) atoms. The number of non-ortho nitro benzene ring substituents is 1. The monoisotopic (exact) mass is 467 g/mol. The molecule has 3 aromatic carbocycles. The highest BCUT2D eigenvalue weighted by Crippen LogP contribution is 2.19. The number of hydrogen-bond acceptors (Lipinski definition) is 5. The molecule has 0 aliphatic rings. The predicted octanol–water partition coefficient (Wildman–Crippen LogP) is 4.60. The van der Waals surface area contributed by atoms with Gasteiger partial charge in [0, 0.05) is 42.3 Å². The molecule has 4 amide bonds. The van der Waals surface area contributed by atoms with Gasteiger partial charge in [0.2, 0.25) is 0 Å². The molecule has 0 bridgehead atoms. The Labute approximate surface area is 194 Å². The molecule has 0 aromatic heterocycles. The summed E-state index contributed by atoms with van der Waals surface area (Å²) in [6.07, 6.45) is 0. The van der Waals surface area contributed by atoms with Crippen molar-refractivity contribution in [3.05, 3.63) is 88.7 Å². The fourth-order valence-corrected chi connectivity index (χ4v) is 2.96. The molecule has 11 heteroatoms. The van der Waals surface area contributed by atoms with Crippen molar-refractivity contribution >= 4 is 34.8 Å². The minimum Gasteiger partial charge on any atom is -0.497 e. The standard InChI is InChI=1S/C23H22FN5O5/c1-34-21-12-6-17(7-13-21)26-22(30)25-14-15-28(19-8-2-16(24)3-9-19)23(31)27-18-4-10-20(11-5-18)29(32)33/h2-13H,14-15H2,1H3,(H,27,31)(H2,25,26,30). The average Bonchev–Trinajstić information content (AvgIpc) is 2.83. The zero-order valence-corrected chi connectivity index (χ0v) is 18.2. The maximum Gasteiger partial charge on any atom is 0.326 e. The van der Waals surface area contributed by atoms with Gasteiger partial charge < -0.3 is 20.7 Å². The van der Waals surface area contributed by atoms with E-state index in [1.54, 1.807) is 31.4 Å². The van der Waals surface area contributed by atoms with Gasteiger partial charge >= 0.3 is 12.1 Å². The second-order valence-electron chi connectivity index (χ2n) is 6.97. The number of carbonyl (C=O) groups excluding carboxylic acids is 2. The van der Waals surface area contributed by atoms with Gasteiger partial charge in [0.25, 0.3) is 5.69 Å². The van der Waals surface area contributed by atoms with Crippen LogP contribution in [0.4, 0.5) is 36.7 Å². The Balaban J connectivity index is 1.63. The molecule has 0 fully saturated rings. The van der Waals surface area contributed by atoms with Crippen LogP contribution in [0.25, 0.3) is 0 Å². The Hall–Kier alpha value is -4.67. The van der Waals surface area contributed by atoms with Crippen molar-refractivity contribution in [3.63, 3.8) is 0 Å². The van der Waals surface area contributed by atoms with Crippen LogP contribution in [0.1, 0.15) is 0 Å². The summed E-state index contributed by atoms with van der Waals surface area (Å²) in [7, 11) is 1.54. The lowest BCUT2D eigenvalue weighted by Crippen LogP contribution is -2.42. The summed E-state index contributed by atoms with van der Waals surface area (Å²) in [6, 6.07) is 16.4. The lowest BCUT2D eigenvalue weighted by atomic mass is 10.2. The normalized spacial score (nSPS) is 10.2. The third-order valence-corrected chi connectivity index (χ3v) is 4.68. The smallest absolute Gasteiger partial charge is 0.326 e. The highest BCUT2D eigenvalue weighted by atomic mass is 19.1. The van der Waals surface area contributed by atoms with Gasteiger partial charge in [-0.1, -0.05) is 0 Å². The number of ether oxygens (including phenoxy) is 1. The number of hydrogen-bond donors (Lipinski definition) is 3. The van der Waals surface area contributed by atoms with Crippen molar-refractivity contribution in [2.45, 2.75) is 0 Å². The zero-order chi connectivity index (χ0) is 24.5. The van der Waals surface area contributed by atoms with Crippen LogP contribution >= 0.6 is 0 Å². The molecule has 3 rings (SSSR count). The van der Waals surface area contributed by atoms with E-state index in [9.17, 15) is 24.1 Å². The average molecular weight is 467 g/mol. The number of carbonyl (C=O) groups is 2. The molecule has 3 aromatic rings. The summed E-state index contributed by atoms with van der Waals surface area (Å²) in [5.41, 5.74) is 1.19. The Kier molecular flexibility index (Phi) is 7.95. The van der Waals surface area contributed by atoms with Gasteiger partial charge in [0.15, 0.2) is 0 Å². The summed E-state index contributed by atoms with van der Waals surface area (Å²) < 4.78 is 18.4. The molecule has 0 spiro atoms. The second-order valence-corrected chi connectivity index (χ2v) is 6.97. The molecule has 0 aliphatic heterocycles. The van der Waals surface area contributed by atoms with E-state index in [0.717, 1.165) is 0 Å². The van der Waals surface area contributed by atoms with E-state index < -0.39 is 22.8 Å². The minimum absolute atomic E-state index is 0.0699. The van der Waals surface area contributed by atoms with E-state index in [0.29, 0.717) is 22.8 Å². The van der Waals surface area contributed by atoms with Gasteiger partial charge in [0.1, 0.15) is 11.6 Å². The molecule has 0 unspecified atom stereocenters. The van der Waals surface area contributed by atoms with Crippen LogP contribution in [-0.2, 0) is 0 Å². The van der Waals surface area contributed by atoms with Gasteiger partial charge in [-0.3, -0.25) is 15.0 Å². The molecular formula is C23H22FN5O5. The Bertz CT molecular complexity index is 1140. The maximum atomic E-state index is 13.4. The Morgan fingerprint density at radius 1 is 0.941 bits per heavy atom. The first kappa shape index (κ1) is 24.0. The van der Waals surface area contributed by atoms with Crippen molar-refractivity contribution in [3.8, 4) is 5.75 Å². The van der Waals surface area contributed by atoms with E-state index in [1.807, 2.05) is 0 Å². The van der Waals surface area contributed by atoms with E-state index >= 15 is 0 Å². The van der Waals surface area contributed by atoms with Crippen molar-refractivity contribution in [2.24, 2.45) is 0 Å². The van der Waals surface area contributed by atoms with Crippen LogP contribution in [0.2, 0.25) is 0 Å². The number of urea groups is 2. The maximum absolute atomic E-state index is 13.4. The SMILES string of the molecule is COc1ccc(NC(=O)NCCN(C(=O)Nc2ccc([N+](=O)[O-])cc2)c2ccc(F)cc2)cc1. The van der Waals surface area contributed by atoms with Gasteiger partial charge in [-0.2, -0.15) is 0 Å². The van der Waals surface area contributed by atoms with Crippen LogP contribution < -0.4 is 25.6 Å². The molecule has 3 N–H and O–H groups in total. The summed E-state index contributed by atoms with van der Waals surface area (Å²) in [5.74, 6) is 0.191. The van der Waals surface area contributed by atoms with Gasteiger partial charge in [-0.05, 0) is 60.7 Å². The number of amides is 4. The molecule has 176 valence electrons. The lowest BCUT2D eigenvalue weighted by Gasteiger charge is -2.23. The van der Waals surface area contributed by atoms with Crippen molar-refractivity contribution in [1.29, 1.82) is 0 Å². The van der Waals surface area contributed by atoms with Crippen LogP contribution in [0.5, 0.6) is 5.75 Å². The first-order valence-electron chi connectivity index (χ1n) is 10.1. The molecular weight excluding hydrogens is 445 g/mol. The van der Waals surface area contributed by atoms with Crippen LogP contribution in [-0.4, -0.2) is 37.2 Å². The van der Waals surface area contributed by atoms with E-state index in [2.05, 4.69) is 16.0 Å². The summed E-state index contributed by atoms with van der Waals surface area (Å²) in [4.78, 5) is 36.7. The molecule has 0 heterocycles. The van der Waals surface area contributed by atoms with Crippen molar-refractivity contribution < 1.29 is 23.6 Å². The number of halogens is 1. The highest BCUT2D eigenvalue weighted by Gasteiger charge is 2.17. The number of methoxy groups -OCH3 is 1. The lowest BCUT2D eigenvalue weighted by molar-refractivity contribution is -0.384. The van der Waals surface area contributed by atoms with E-state index in [1.165, 1.54) is 53.4 Å². The number of rotatable bonds is 8. The van der Waals surface area contributed by atoms with E-state index in [-0.39, 0.29) is 18.8 Å². The van der Waals surface area contributed by atoms with Gasteiger partial charge in [-0.15, -0.1) is 0 Å². The Morgan fingerprint density at radius 2 is 1.53 bits per heavy atom. The Morgan fingerprint density at radius 3 is 2.12 bits per heavy atom. The third kappa shape index (κ3) is 6.66. The molecule has 0 saturated carbocycles. The fraction of sp³-hybridized carbons (Fsp3) is 0.130. The topological polar surface area (TPSA) is 126 Å². The van der Waals surface area contributed by atoms with Crippen LogP contribution in [0.3, 0.4) is 0 Å². The van der Waals surface area contributed by atoms with Crippen LogP contribution in [0.15, 0.2) is 72.8 Å². The first-order valence-corrected chi connectivity index (χ1v) is 10.1. The van der Waals surface area contributed by atoms with Crippen molar-refractivity contribution in [2.75, 3.05) is 35.7 Å². The third-order valence-electron chi connectivity index (χ3n) is 4.68. The summed E-state index contributed by atoms with van der Waals surface area (Å²) in [6.45, 7) is 0.160. The molecule has 10 nitrogen and oxygen atoms in total. The number of nitrogens with one attached hydrogen (secondary N) is 3. The van der Waals surface area contributed by atoms with Gasteiger partial charge in [0.05, 0.1) is 12.0 Å². The molecule has 0 aliphatic carbocycles.